The average molecular weight is 383 g/mol. The van der Waals surface area contributed by atoms with Crippen molar-refractivity contribution in [2.24, 2.45) is 0 Å². The summed E-state index contributed by atoms with van der Waals surface area (Å²) in [6, 6.07) is 15.8. The van der Waals surface area contributed by atoms with Crippen molar-refractivity contribution in [1.82, 2.24) is 14.9 Å². The van der Waals surface area contributed by atoms with Gasteiger partial charge in [-0.25, -0.2) is 9.78 Å². The van der Waals surface area contributed by atoms with Gasteiger partial charge in [-0.2, -0.15) is 0 Å². The van der Waals surface area contributed by atoms with Crippen molar-refractivity contribution < 1.29 is 9.90 Å². The van der Waals surface area contributed by atoms with Gasteiger partial charge >= 0.3 is 5.97 Å². The van der Waals surface area contributed by atoms with Crippen molar-refractivity contribution >= 4 is 17.0 Å². The Kier molecular flexibility index (Phi) is 4.18. The first-order valence-corrected chi connectivity index (χ1v) is 9.70. The molecule has 5 nitrogen and oxygen atoms in total. The Balaban J connectivity index is 1.55. The average Bonchev–Trinajstić information content (AvgIpc) is 3.16. The topological polar surface area (TPSA) is 69.2 Å². The van der Waals surface area contributed by atoms with Gasteiger partial charge in [0.05, 0.1) is 5.56 Å². The molecule has 0 amide bonds. The molecule has 144 valence electrons. The molecule has 0 unspecified atom stereocenters. The SMILES string of the molecule is CN1CCc2cc(-c3cnc4[nH]cc(-c5ccc(C(=O)O)cc5)c4c3)ccc2C1. The number of aromatic carboxylic acids is 1. The van der Waals surface area contributed by atoms with Crippen molar-refractivity contribution in [2.45, 2.75) is 13.0 Å². The van der Waals surface area contributed by atoms with Crippen LogP contribution in [0.5, 0.6) is 0 Å². The van der Waals surface area contributed by atoms with Crippen LogP contribution >= 0.6 is 0 Å². The number of carboxylic acid groups (broad SMARTS) is 1. The van der Waals surface area contributed by atoms with Gasteiger partial charge < -0.3 is 15.0 Å². The maximum Gasteiger partial charge on any atom is 0.335 e. The van der Waals surface area contributed by atoms with Crippen LogP contribution in [-0.4, -0.2) is 39.5 Å². The predicted molar refractivity (Wildman–Crippen MR) is 114 cm³/mol. The molecule has 2 aromatic carbocycles. The molecule has 2 N–H and O–H groups in total. The van der Waals surface area contributed by atoms with E-state index in [0.717, 1.165) is 47.2 Å². The standard InChI is InChI=1S/C24H21N3O2/c1-27-9-8-18-10-17(6-7-19(18)14-27)20-11-21-22(13-26-23(21)25-12-20)15-2-4-16(5-3-15)24(28)29/h2-7,10-13H,8-9,14H2,1H3,(H,25,26)(H,28,29). The zero-order valence-corrected chi connectivity index (χ0v) is 16.1. The van der Waals surface area contributed by atoms with Gasteiger partial charge in [0.15, 0.2) is 0 Å². The third-order valence-electron chi connectivity index (χ3n) is 5.72. The maximum absolute atomic E-state index is 11.1. The molecule has 0 bridgehead atoms. The van der Waals surface area contributed by atoms with E-state index in [1.54, 1.807) is 12.1 Å². The van der Waals surface area contributed by atoms with Gasteiger partial charge in [0, 0.05) is 42.0 Å². The lowest BCUT2D eigenvalue weighted by atomic mass is 9.94. The number of hydrogen-bond acceptors (Lipinski definition) is 3. The fraction of sp³-hybridized carbons (Fsp3) is 0.167. The molecule has 4 aromatic rings. The second kappa shape index (κ2) is 6.87. The lowest BCUT2D eigenvalue weighted by molar-refractivity contribution is 0.0697. The molecule has 3 heterocycles. The quantitative estimate of drug-likeness (QED) is 0.543. The van der Waals surface area contributed by atoms with Gasteiger partial charge in [-0.15, -0.1) is 0 Å². The van der Waals surface area contributed by atoms with E-state index in [4.69, 9.17) is 5.11 Å². The minimum absolute atomic E-state index is 0.284. The van der Waals surface area contributed by atoms with Gasteiger partial charge in [-0.3, -0.25) is 0 Å². The molecule has 5 heteroatoms. The number of aromatic nitrogens is 2. The van der Waals surface area contributed by atoms with Crippen molar-refractivity contribution in [1.29, 1.82) is 0 Å². The molecular formula is C24H21N3O2. The van der Waals surface area contributed by atoms with Gasteiger partial charge in [0.1, 0.15) is 5.65 Å². The number of fused-ring (bicyclic) bond motifs is 2. The normalized spacial score (nSPS) is 14.1. The summed E-state index contributed by atoms with van der Waals surface area (Å²) in [6.07, 6.45) is 4.91. The lowest BCUT2D eigenvalue weighted by Gasteiger charge is -2.25. The van der Waals surface area contributed by atoms with E-state index in [-0.39, 0.29) is 5.56 Å². The van der Waals surface area contributed by atoms with Crippen molar-refractivity contribution in [3.63, 3.8) is 0 Å². The number of pyridine rings is 1. The highest BCUT2D eigenvalue weighted by Crippen LogP contribution is 2.32. The van der Waals surface area contributed by atoms with Crippen molar-refractivity contribution in [3.05, 3.63) is 77.6 Å². The summed E-state index contributed by atoms with van der Waals surface area (Å²) in [5, 5.41) is 10.2. The fourth-order valence-electron chi connectivity index (χ4n) is 4.07. The van der Waals surface area contributed by atoms with E-state index in [1.165, 1.54) is 16.7 Å². The molecule has 0 saturated heterocycles. The number of benzene rings is 2. The second-order valence-corrected chi connectivity index (χ2v) is 7.68. The van der Waals surface area contributed by atoms with E-state index in [2.05, 4.69) is 46.2 Å². The number of carboxylic acids is 1. The molecule has 0 atom stereocenters. The minimum Gasteiger partial charge on any atom is -0.478 e. The van der Waals surface area contributed by atoms with Crippen molar-refractivity contribution in [2.75, 3.05) is 13.6 Å². The van der Waals surface area contributed by atoms with E-state index >= 15 is 0 Å². The molecule has 0 saturated carbocycles. The number of aromatic amines is 1. The van der Waals surface area contributed by atoms with Crippen LogP contribution < -0.4 is 0 Å². The van der Waals surface area contributed by atoms with Crippen LogP contribution in [0.1, 0.15) is 21.5 Å². The van der Waals surface area contributed by atoms with E-state index in [9.17, 15) is 4.79 Å². The predicted octanol–water partition coefficient (Wildman–Crippen LogP) is 4.58. The number of H-pyrrole nitrogens is 1. The fourth-order valence-corrected chi connectivity index (χ4v) is 4.07. The summed E-state index contributed by atoms with van der Waals surface area (Å²) in [5.74, 6) is -0.918. The summed E-state index contributed by atoms with van der Waals surface area (Å²) >= 11 is 0. The number of hydrogen-bond donors (Lipinski definition) is 2. The van der Waals surface area contributed by atoms with Crippen LogP contribution in [0.2, 0.25) is 0 Å². The largest absolute Gasteiger partial charge is 0.478 e. The molecule has 0 fully saturated rings. The zero-order chi connectivity index (χ0) is 20.0. The molecule has 1 aliphatic rings. The molecular weight excluding hydrogens is 362 g/mol. The highest BCUT2D eigenvalue weighted by Gasteiger charge is 2.15. The summed E-state index contributed by atoms with van der Waals surface area (Å²) in [6.45, 7) is 2.09. The summed E-state index contributed by atoms with van der Waals surface area (Å²) in [5.41, 5.74) is 8.17. The smallest absolute Gasteiger partial charge is 0.335 e. The van der Waals surface area contributed by atoms with E-state index in [0.29, 0.717) is 0 Å². The van der Waals surface area contributed by atoms with Crippen LogP contribution in [0.3, 0.4) is 0 Å². The number of nitrogens with one attached hydrogen (secondary N) is 1. The Labute approximate surface area is 168 Å². The Morgan fingerprint density at radius 3 is 2.62 bits per heavy atom. The maximum atomic E-state index is 11.1. The number of rotatable bonds is 3. The Hall–Kier alpha value is -3.44. The first-order valence-electron chi connectivity index (χ1n) is 9.70. The van der Waals surface area contributed by atoms with E-state index < -0.39 is 5.97 Å². The summed E-state index contributed by atoms with van der Waals surface area (Å²) in [4.78, 5) is 21.3. The molecule has 0 radical (unpaired) electrons. The Bertz CT molecular complexity index is 1220. The van der Waals surface area contributed by atoms with Gasteiger partial charge in [0.25, 0.3) is 0 Å². The van der Waals surface area contributed by atoms with Crippen LogP contribution in [0.15, 0.2) is 60.9 Å². The molecule has 1 aliphatic heterocycles. The van der Waals surface area contributed by atoms with E-state index in [1.807, 2.05) is 24.5 Å². The molecule has 0 aliphatic carbocycles. The van der Waals surface area contributed by atoms with Crippen LogP contribution in [0.4, 0.5) is 0 Å². The first-order chi connectivity index (χ1) is 14.1. The van der Waals surface area contributed by atoms with Crippen LogP contribution in [0.25, 0.3) is 33.3 Å². The lowest BCUT2D eigenvalue weighted by Crippen LogP contribution is -2.26. The summed E-state index contributed by atoms with van der Waals surface area (Å²) < 4.78 is 0. The molecule has 0 spiro atoms. The third-order valence-corrected chi connectivity index (χ3v) is 5.72. The minimum atomic E-state index is -0.918. The van der Waals surface area contributed by atoms with Gasteiger partial charge in [-0.05, 0) is 53.9 Å². The van der Waals surface area contributed by atoms with Crippen LogP contribution in [-0.2, 0) is 13.0 Å². The first kappa shape index (κ1) is 17.6. The number of nitrogens with zero attached hydrogens (tertiary/aromatic N) is 2. The van der Waals surface area contributed by atoms with Crippen molar-refractivity contribution in [3.8, 4) is 22.3 Å². The van der Waals surface area contributed by atoms with Gasteiger partial charge in [-0.1, -0.05) is 30.3 Å². The zero-order valence-electron chi connectivity index (χ0n) is 16.1. The highest BCUT2D eigenvalue weighted by molar-refractivity contribution is 5.96. The highest BCUT2D eigenvalue weighted by atomic mass is 16.4. The Morgan fingerprint density at radius 1 is 1.03 bits per heavy atom. The van der Waals surface area contributed by atoms with Crippen LogP contribution in [0, 0.1) is 0 Å². The summed E-state index contributed by atoms with van der Waals surface area (Å²) in [7, 11) is 2.16. The number of likely N-dealkylation sites (N-methyl/N-ethyl adjacent to an activating group) is 1. The third kappa shape index (κ3) is 3.19. The molecule has 29 heavy (non-hydrogen) atoms. The second-order valence-electron chi connectivity index (χ2n) is 7.68. The number of carbonyl (C=O) groups is 1. The monoisotopic (exact) mass is 383 g/mol. The molecule has 2 aromatic heterocycles. The molecule has 5 rings (SSSR count). The van der Waals surface area contributed by atoms with Gasteiger partial charge in [0.2, 0.25) is 0 Å². The Morgan fingerprint density at radius 2 is 1.83 bits per heavy atom.